The number of Topliss-reactive ketones (excluding diaryl/α,β-unsaturated/α-hetero) is 2. The number of carbonyl (C=O) groups excluding carboxylic acids is 3. The van der Waals surface area contributed by atoms with E-state index < -0.39 is 17.4 Å². The Kier molecular flexibility index (Phi) is 2.08. The summed E-state index contributed by atoms with van der Waals surface area (Å²) in [6, 6.07) is 4.74. The Hall–Kier alpha value is -2.17. The van der Waals surface area contributed by atoms with E-state index in [4.69, 9.17) is 9.47 Å². The molecule has 18 heavy (non-hydrogen) atoms. The molecular weight excluding hydrogens is 236 g/mol. The van der Waals surface area contributed by atoms with E-state index in [0.29, 0.717) is 5.56 Å². The Labute approximate surface area is 103 Å². The molecule has 0 aromatic heterocycles. The van der Waals surface area contributed by atoms with Gasteiger partial charge in [-0.3, -0.25) is 9.59 Å². The van der Waals surface area contributed by atoms with Crippen molar-refractivity contribution >= 4 is 17.5 Å². The van der Waals surface area contributed by atoms with Gasteiger partial charge in [-0.25, -0.2) is 4.79 Å². The summed E-state index contributed by atoms with van der Waals surface area (Å²) in [6.45, 7) is 1.55. The third-order valence-corrected chi connectivity index (χ3v) is 3.30. The monoisotopic (exact) mass is 246 g/mol. The molecule has 92 valence electrons. The van der Waals surface area contributed by atoms with E-state index in [0.717, 1.165) is 0 Å². The molecule has 2 heterocycles. The number of hydrogen-bond acceptors (Lipinski definition) is 5. The van der Waals surface area contributed by atoms with Gasteiger partial charge >= 0.3 is 5.97 Å². The summed E-state index contributed by atoms with van der Waals surface area (Å²) in [5.74, 6) is -1.08. The summed E-state index contributed by atoms with van der Waals surface area (Å²) < 4.78 is 10.4. The maximum Gasteiger partial charge on any atom is 0.358 e. The van der Waals surface area contributed by atoms with Gasteiger partial charge in [0.25, 0.3) is 5.60 Å². The van der Waals surface area contributed by atoms with Gasteiger partial charge in [0.2, 0.25) is 5.78 Å². The maximum atomic E-state index is 12.3. The second-order valence-corrected chi connectivity index (χ2v) is 4.38. The van der Waals surface area contributed by atoms with Gasteiger partial charge in [-0.2, -0.15) is 0 Å². The van der Waals surface area contributed by atoms with Crippen molar-refractivity contribution in [3.8, 4) is 5.75 Å². The zero-order valence-corrected chi connectivity index (χ0v) is 9.69. The lowest BCUT2D eigenvalue weighted by Crippen LogP contribution is -2.44. The lowest BCUT2D eigenvalue weighted by Gasteiger charge is -2.16. The Morgan fingerprint density at radius 3 is 2.72 bits per heavy atom. The highest BCUT2D eigenvalue weighted by molar-refractivity contribution is 6.21. The second kappa shape index (κ2) is 3.41. The first-order valence-corrected chi connectivity index (χ1v) is 5.61. The number of ketones is 2. The molecule has 1 atom stereocenters. The molecule has 5 heteroatoms. The summed E-state index contributed by atoms with van der Waals surface area (Å²) in [4.78, 5) is 35.5. The minimum absolute atomic E-state index is 0.161. The highest BCUT2D eigenvalue weighted by atomic mass is 16.6. The molecule has 0 radical (unpaired) electrons. The highest BCUT2D eigenvalue weighted by Crippen LogP contribution is 2.42. The van der Waals surface area contributed by atoms with Gasteiger partial charge in [0.05, 0.1) is 17.7 Å². The van der Waals surface area contributed by atoms with E-state index in [-0.39, 0.29) is 30.1 Å². The Morgan fingerprint density at radius 1 is 1.33 bits per heavy atom. The van der Waals surface area contributed by atoms with Crippen LogP contribution in [0.4, 0.5) is 0 Å². The summed E-state index contributed by atoms with van der Waals surface area (Å²) in [7, 11) is 0. The summed E-state index contributed by atoms with van der Waals surface area (Å²) in [6.07, 6.45) is 0.191. The second-order valence-electron chi connectivity index (χ2n) is 4.38. The first kappa shape index (κ1) is 11.0. The predicted molar refractivity (Wildman–Crippen MR) is 59.7 cm³/mol. The van der Waals surface area contributed by atoms with Gasteiger partial charge in [0.1, 0.15) is 5.75 Å². The number of para-hydroxylation sites is 1. The fraction of sp³-hybridized carbons (Fsp3) is 0.308. The van der Waals surface area contributed by atoms with Crippen molar-refractivity contribution < 1.29 is 23.9 Å². The van der Waals surface area contributed by atoms with Crippen LogP contribution in [0.15, 0.2) is 18.2 Å². The van der Waals surface area contributed by atoms with Crippen LogP contribution in [0.1, 0.15) is 34.1 Å². The van der Waals surface area contributed by atoms with Crippen LogP contribution in [0.3, 0.4) is 0 Å². The first-order valence-electron chi connectivity index (χ1n) is 5.61. The van der Waals surface area contributed by atoms with Crippen LogP contribution >= 0.6 is 0 Å². The van der Waals surface area contributed by atoms with Crippen LogP contribution in [-0.4, -0.2) is 29.7 Å². The largest absolute Gasteiger partial charge is 0.466 e. The smallest absolute Gasteiger partial charge is 0.358 e. The van der Waals surface area contributed by atoms with Gasteiger partial charge in [-0.15, -0.1) is 0 Å². The molecule has 2 aliphatic heterocycles. The van der Waals surface area contributed by atoms with Gasteiger partial charge in [-0.05, 0) is 19.1 Å². The first-order chi connectivity index (χ1) is 8.56. The van der Waals surface area contributed by atoms with E-state index in [2.05, 4.69) is 0 Å². The molecule has 0 amide bonds. The number of cyclic esters (lactones) is 1. The van der Waals surface area contributed by atoms with E-state index in [9.17, 15) is 14.4 Å². The van der Waals surface area contributed by atoms with Crippen molar-refractivity contribution in [3.63, 3.8) is 0 Å². The molecule has 0 bridgehead atoms. The number of ether oxygens (including phenoxy) is 2. The topological polar surface area (TPSA) is 69.7 Å². The van der Waals surface area contributed by atoms with Crippen LogP contribution in [0.25, 0.3) is 0 Å². The molecule has 1 aromatic rings. The molecule has 1 unspecified atom stereocenters. The van der Waals surface area contributed by atoms with Gasteiger partial charge < -0.3 is 9.47 Å². The number of rotatable bonds is 1. The number of carbonyl (C=O) groups is 3. The van der Waals surface area contributed by atoms with Crippen LogP contribution in [-0.2, 0) is 9.53 Å². The van der Waals surface area contributed by atoms with Crippen LogP contribution in [0.5, 0.6) is 5.75 Å². The van der Waals surface area contributed by atoms with Crippen molar-refractivity contribution in [2.24, 2.45) is 0 Å². The zero-order valence-electron chi connectivity index (χ0n) is 9.69. The summed E-state index contributed by atoms with van der Waals surface area (Å²) in [5.41, 5.74) is -0.965. The van der Waals surface area contributed by atoms with E-state index >= 15 is 0 Å². The van der Waals surface area contributed by atoms with Crippen molar-refractivity contribution in [1.29, 1.82) is 0 Å². The molecule has 5 nitrogen and oxygen atoms in total. The molecule has 2 aliphatic rings. The SMILES string of the molecule is CC(=O)c1cccc2c1OC1(CCOC1=O)C2=O. The average Bonchev–Trinajstić information content (AvgIpc) is 2.84. The number of hydrogen-bond donors (Lipinski definition) is 0. The molecule has 0 saturated carbocycles. The van der Waals surface area contributed by atoms with Crippen LogP contribution in [0.2, 0.25) is 0 Å². The molecule has 1 saturated heterocycles. The average molecular weight is 246 g/mol. The molecular formula is C13H10O5. The van der Waals surface area contributed by atoms with E-state index in [1.54, 1.807) is 18.2 Å². The Balaban J connectivity index is 2.17. The fourth-order valence-corrected chi connectivity index (χ4v) is 2.35. The molecule has 1 fully saturated rings. The fourth-order valence-electron chi connectivity index (χ4n) is 2.35. The molecule has 0 N–H and O–H groups in total. The van der Waals surface area contributed by atoms with Crippen LogP contribution < -0.4 is 4.74 Å². The summed E-state index contributed by atoms with van der Waals surface area (Å²) in [5, 5.41) is 0. The van der Waals surface area contributed by atoms with Gasteiger partial charge in [0.15, 0.2) is 5.78 Å². The van der Waals surface area contributed by atoms with E-state index in [1.807, 2.05) is 0 Å². The molecule has 3 rings (SSSR count). The van der Waals surface area contributed by atoms with Gasteiger partial charge in [0, 0.05) is 6.42 Å². The minimum atomic E-state index is -1.56. The standard InChI is InChI=1S/C13H10O5/c1-7(14)8-3-2-4-9-10(8)18-13(11(9)15)5-6-17-12(13)16/h2-4H,5-6H2,1H3. The minimum Gasteiger partial charge on any atom is -0.466 e. The van der Waals surface area contributed by atoms with Crippen LogP contribution in [0, 0.1) is 0 Å². The van der Waals surface area contributed by atoms with E-state index in [1.165, 1.54) is 6.92 Å². The van der Waals surface area contributed by atoms with Gasteiger partial charge in [-0.1, -0.05) is 6.07 Å². The predicted octanol–water partition coefficient (Wildman–Crippen LogP) is 1.15. The maximum absolute atomic E-state index is 12.3. The number of benzene rings is 1. The third-order valence-electron chi connectivity index (χ3n) is 3.30. The third kappa shape index (κ3) is 1.19. The quantitative estimate of drug-likeness (QED) is 0.422. The lowest BCUT2D eigenvalue weighted by atomic mass is 9.93. The van der Waals surface area contributed by atoms with Crippen molar-refractivity contribution in [1.82, 2.24) is 0 Å². The summed E-state index contributed by atoms with van der Waals surface area (Å²) >= 11 is 0. The number of fused-ring (bicyclic) bond motifs is 1. The lowest BCUT2D eigenvalue weighted by molar-refractivity contribution is -0.147. The normalized spacial score (nSPS) is 24.9. The Bertz CT molecular complexity index is 589. The van der Waals surface area contributed by atoms with Crippen molar-refractivity contribution in [2.45, 2.75) is 18.9 Å². The molecule has 0 aliphatic carbocycles. The highest BCUT2D eigenvalue weighted by Gasteiger charge is 2.59. The Morgan fingerprint density at radius 2 is 2.11 bits per heavy atom. The zero-order chi connectivity index (χ0) is 12.9. The van der Waals surface area contributed by atoms with Crippen molar-refractivity contribution in [3.05, 3.63) is 29.3 Å². The molecule has 1 aromatic carbocycles. The van der Waals surface area contributed by atoms with Crippen molar-refractivity contribution in [2.75, 3.05) is 6.61 Å². The molecule has 1 spiro atoms. The number of esters is 1.